The number of aliphatic hydroxyl groups is 1. The van der Waals surface area contributed by atoms with Crippen LogP contribution in [0.5, 0.6) is 0 Å². The fraction of sp³-hybridized carbons (Fsp3) is 0.600. The van der Waals surface area contributed by atoms with Crippen LogP contribution in [-0.4, -0.2) is 41.8 Å². The van der Waals surface area contributed by atoms with Crippen LogP contribution in [0.25, 0.3) is 0 Å². The van der Waals surface area contributed by atoms with Crippen molar-refractivity contribution in [2.45, 2.75) is 32.5 Å². The van der Waals surface area contributed by atoms with Crippen molar-refractivity contribution < 1.29 is 5.11 Å². The van der Waals surface area contributed by atoms with Gasteiger partial charge in [0.05, 0.1) is 6.10 Å². The Morgan fingerprint density at radius 2 is 2.06 bits per heavy atom. The van der Waals surface area contributed by atoms with Crippen molar-refractivity contribution in [1.29, 1.82) is 0 Å². The minimum Gasteiger partial charge on any atom is -0.391 e. The molecule has 1 aromatic carbocycles. The van der Waals surface area contributed by atoms with Gasteiger partial charge in [0.25, 0.3) is 0 Å². The van der Waals surface area contributed by atoms with E-state index in [2.05, 4.69) is 48.3 Å². The van der Waals surface area contributed by atoms with Crippen molar-refractivity contribution in [3.63, 3.8) is 0 Å². The maximum atomic E-state index is 10.1. The molecular formula is C15H24N2O. The molecule has 2 N–H and O–H groups in total. The Bertz CT molecular complexity index is 353. The largest absolute Gasteiger partial charge is 0.391 e. The Morgan fingerprint density at radius 3 is 2.72 bits per heavy atom. The summed E-state index contributed by atoms with van der Waals surface area (Å²) in [5.41, 5.74) is 1.34. The summed E-state index contributed by atoms with van der Waals surface area (Å²) in [5, 5.41) is 13.6. The number of nitrogens with one attached hydrogen (secondary N) is 1. The molecule has 18 heavy (non-hydrogen) atoms. The zero-order valence-electron chi connectivity index (χ0n) is 11.3. The van der Waals surface area contributed by atoms with E-state index in [1.54, 1.807) is 0 Å². The van der Waals surface area contributed by atoms with Crippen LogP contribution in [0.2, 0.25) is 0 Å². The Morgan fingerprint density at radius 1 is 1.33 bits per heavy atom. The van der Waals surface area contributed by atoms with E-state index in [0.29, 0.717) is 5.92 Å². The number of benzene rings is 1. The molecule has 2 atom stereocenters. The van der Waals surface area contributed by atoms with Crippen LogP contribution in [0.1, 0.15) is 19.4 Å². The fourth-order valence-electron chi connectivity index (χ4n) is 2.52. The second-order valence-electron chi connectivity index (χ2n) is 5.52. The Labute approximate surface area is 110 Å². The highest BCUT2D eigenvalue weighted by Gasteiger charge is 2.27. The molecule has 100 valence electrons. The van der Waals surface area contributed by atoms with Crippen molar-refractivity contribution in [2.24, 2.45) is 5.92 Å². The third-order valence-electron chi connectivity index (χ3n) is 3.63. The fourth-order valence-corrected chi connectivity index (χ4v) is 2.52. The van der Waals surface area contributed by atoms with E-state index in [1.807, 2.05) is 6.07 Å². The summed E-state index contributed by atoms with van der Waals surface area (Å²) in [6, 6.07) is 10.7. The van der Waals surface area contributed by atoms with Crippen LogP contribution in [0, 0.1) is 5.92 Å². The highest BCUT2D eigenvalue weighted by atomic mass is 16.3. The van der Waals surface area contributed by atoms with Gasteiger partial charge in [0.2, 0.25) is 0 Å². The third kappa shape index (κ3) is 3.55. The molecule has 1 saturated heterocycles. The van der Waals surface area contributed by atoms with E-state index in [1.165, 1.54) is 5.56 Å². The van der Waals surface area contributed by atoms with E-state index in [0.717, 1.165) is 26.2 Å². The van der Waals surface area contributed by atoms with Gasteiger partial charge in [-0.05, 0) is 11.5 Å². The van der Waals surface area contributed by atoms with Gasteiger partial charge in [0, 0.05) is 32.2 Å². The molecule has 1 fully saturated rings. The standard InChI is InChI=1S/C15H24N2O/c1-12(2)15(18)14-11-17(9-8-16-14)10-13-6-4-3-5-7-13/h3-7,12,14-16,18H,8-11H2,1-2H3. The average molecular weight is 248 g/mol. The van der Waals surface area contributed by atoms with Gasteiger partial charge in [0.1, 0.15) is 0 Å². The molecule has 0 aliphatic carbocycles. The van der Waals surface area contributed by atoms with Crippen LogP contribution in [-0.2, 0) is 6.54 Å². The van der Waals surface area contributed by atoms with Crippen LogP contribution in [0.15, 0.2) is 30.3 Å². The number of nitrogens with zero attached hydrogens (tertiary/aromatic N) is 1. The summed E-state index contributed by atoms with van der Waals surface area (Å²) in [7, 11) is 0. The molecule has 0 aromatic heterocycles. The Balaban J connectivity index is 1.91. The minimum absolute atomic E-state index is 0.197. The lowest BCUT2D eigenvalue weighted by Crippen LogP contribution is -2.56. The van der Waals surface area contributed by atoms with Gasteiger partial charge in [-0.2, -0.15) is 0 Å². The molecule has 1 heterocycles. The van der Waals surface area contributed by atoms with Crippen molar-refractivity contribution in [2.75, 3.05) is 19.6 Å². The average Bonchev–Trinajstić information content (AvgIpc) is 2.39. The molecule has 3 nitrogen and oxygen atoms in total. The maximum Gasteiger partial charge on any atom is 0.0728 e. The number of piperazine rings is 1. The molecule has 1 aliphatic rings. The monoisotopic (exact) mass is 248 g/mol. The molecule has 0 radical (unpaired) electrons. The SMILES string of the molecule is CC(C)C(O)C1CN(Cc2ccccc2)CCN1. The van der Waals surface area contributed by atoms with Crippen LogP contribution >= 0.6 is 0 Å². The summed E-state index contributed by atoms with van der Waals surface area (Å²) in [6.07, 6.45) is -0.261. The summed E-state index contributed by atoms with van der Waals surface area (Å²) in [4.78, 5) is 2.42. The van der Waals surface area contributed by atoms with E-state index < -0.39 is 0 Å². The van der Waals surface area contributed by atoms with Crippen LogP contribution in [0.4, 0.5) is 0 Å². The van der Waals surface area contributed by atoms with Crippen molar-refractivity contribution >= 4 is 0 Å². The highest BCUT2D eigenvalue weighted by Crippen LogP contribution is 2.13. The van der Waals surface area contributed by atoms with E-state index in [9.17, 15) is 5.11 Å². The number of hydrogen-bond acceptors (Lipinski definition) is 3. The van der Waals surface area contributed by atoms with Crippen molar-refractivity contribution in [3.05, 3.63) is 35.9 Å². The van der Waals surface area contributed by atoms with E-state index >= 15 is 0 Å². The lowest BCUT2D eigenvalue weighted by molar-refractivity contribution is 0.0466. The molecule has 2 rings (SSSR count). The number of rotatable bonds is 4. The number of aliphatic hydroxyl groups excluding tert-OH is 1. The minimum atomic E-state index is -0.261. The molecule has 3 heteroatoms. The van der Waals surface area contributed by atoms with Gasteiger partial charge in [-0.1, -0.05) is 44.2 Å². The maximum absolute atomic E-state index is 10.1. The van der Waals surface area contributed by atoms with Gasteiger partial charge in [-0.15, -0.1) is 0 Å². The van der Waals surface area contributed by atoms with Gasteiger partial charge in [-0.25, -0.2) is 0 Å². The molecule has 0 saturated carbocycles. The zero-order chi connectivity index (χ0) is 13.0. The molecule has 1 aliphatic heterocycles. The molecule has 2 unspecified atom stereocenters. The predicted molar refractivity (Wildman–Crippen MR) is 74.4 cm³/mol. The molecule has 1 aromatic rings. The summed E-state index contributed by atoms with van der Waals surface area (Å²) < 4.78 is 0. The lowest BCUT2D eigenvalue weighted by atomic mass is 9.98. The first-order chi connectivity index (χ1) is 8.66. The van der Waals surface area contributed by atoms with Gasteiger partial charge in [-0.3, -0.25) is 4.90 Å². The lowest BCUT2D eigenvalue weighted by Gasteiger charge is -2.37. The zero-order valence-corrected chi connectivity index (χ0v) is 11.3. The number of hydrogen-bond donors (Lipinski definition) is 2. The van der Waals surface area contributed by atoms with Gasteiger partial charge in [0.15, 0.2) is 0 Å². The Kier molecular flexibility index (Phi) is 4.75. The van der Waals surface area contributed by atoms with E-state index in [4.69, 9.17) is 0 Å². The van der Waals surface area contributed by atoms with Crippen LogP contribution in [0.3, 0.4) is 0 Å². The molecule has 0 bridgehead atoms. The first-order valence-corrected chi connectivity index (χ1v) is 6.84. The first kappa shape index (κ1) is 13.5. The Hall–Kier alpha value is -0.900. The third-order valence-corrected chi connectivity index (χ3v) is 3.63. The summed E-state index contributed by atoms with van der Waals surface area (Å²) in [6.45, 7) is 8.06. The second-order valence-corrected chi connectivity index (χ2v) is 5.52. The quantitative estimate of drug-likeness (QED) is 0.847. The van der Waals surface area contributed by atoms with Crippen LogP contribution < -0.4 is 5.32 Å². The smallest absolute Gasteiger partial charge is 0.0728 e. The molecular weight excluding hydrogens is 224 g/mol. The van der Waals surface area contributed by atoms with E-state index in [-0.39, 0.29) is 12.1 Å². The first-order valence-electron chi connectivity index (χ1n) is 6.84. The van der Waals surface area contributed by atoms with Crippen molar-refractivity contribution in [1.82, 2.24) is 10.2 Å². The highest BCUT2D eigenvalue weighted by molar-refractivity contribution is 5.14. The normalized spacial score (nSPS) is 23.2. The molecule has 0 amide bonds. The topological polar surface area (TPSA) is 35.5 Å². The van der Waals surface area contributed by atoms with Crippen molar-refractivity contribution in [3.8, 4) is 0 Å². The predicted octanol–water partition coefficient (Wildman–Crippen LogP) is 1.48. The van der Waals surface area contributed by atoms with Gasteiger partial charge < -0.3 is 10.4 Å². The summed E-state index contributed by atoms with van der Waals surface area (Å²) >= 11 is 0. The second kappa shape index (κ2) is 6.32. The van der Waals surface area contributed by atoms with Gasteiger partial charge >= 0.3 is 0 Å². The molecule has 0 spiro atoms. The summed E-state index contributed by atoms with van der Waals surface area (Å²) in [5.74, 6) is 0.305.